The fraction of sp³-hybridized carbons (Fsp3) is 0.296. The van der Waals surface area contributed by atoms with Gasteiger partial charge in [-0.25, -0.2) is 4.98 Å². The number of piperidine rings is 1. The van der Waals surface area contributed by atoms with Gasteiger partial charge >= 0.3 is 0 Å². The third kappa shape index (κ3) is 3.62. The van der Waals surface area contributed by atoms with E-state index in [1.165, 1.54) is 11.1 Å². The molecule has 7 heteroatoms. The molecule has 172 valence electrons. The lowest BCUT2D eigenvalue weighted by atomic mass is 9.90. The summed E-state index contributed by atoms with van der Waals surface area (Å²) in [5, 5.41) is 16.1. The number of allylic oxidation sites excluding steroid dienone is 3. The number of nitrogens with one attached hydrogen (secondary N) is 2. The van der Waals surface area contributed by atoms with Gasteiger partial charge in [0, 0.05) is 31.4 Å². The first-order valence-corrected chi connectivity index (χ1v) is 11.8. The molecule has 3 N–H and O–H groups in total. The minimum absolute atomic E-state index is 0.0596. The van der Waals surface area contributed by atoms with Crippen molar-refractivity contribution in [2.75, 3.05) is 23.3 Å². The minimum atomic E-state index is -0.200. The average Bonchev–Trinajstić information content (AvgIpc) is 3.44. The molecule has 0 saturated carbocycles. The Morgan fingerprint density at radius 2 is 2.00 bits per heavy atom. The van der Waals surface area contributed by atoms with Crippen molar-refractivity contribution in [3.8, 4) is 0 Å². The highest BCUT2D eigenvalue weighted by molar-refractivity contribution is 6.17. The summed E-state index contributed by atoms with van der Waals surface area (Å²) in [6.45, 7) is 4.24. The van der Waals surface area contributed by atoms with Gasteiger partial charge in [-0.2, -0.15) is 0 Å². The van der Waals surface area contributed by atoms with Crippen LogP contribution in [0.4, 0.5) is 17.2 Å². The summed E-state index contributed by atoms with van der Waals surface area (Å²) in [6, 6.07) is 8.07. The lowest BCUT2D eigenvalue weighted by Gasteiger charge is -2.31. The molecule has 6 rings (SSSR count). The van der Waals surface area contributed by atoms with Crippen LogP contribution in [0.15, 0.2) is 64.8 Å². The maximum Gasteiger partial charge on any atom is 0.254 e. The van der Waals surface area contributed by atoms with Crippen molar-refractivity contribution in [3.63, 3.8) is 0 Å². The highest BCUT2D eigenvalue weighted by Crippen LogP contribution is 2.37. The van der Waals surface area contributed by atoms with E-state index in [1.54, 1.807) is 0 Å². The maximum atomic E-state index is 12.8. The Kier molecular flexibility index (Phi) is 5.07. The number of aliphatic hydroxyl groups excluding tert-OH is 1. The van der Waals surface area contributed by atoms with Crippen molar-refractivity contribution in [2.45, 2.75) is 38.5 Å². The van der Waals surface area contributed by atoms with E-state index in [-0.39, 0.29) is 18.1 Å². The number of rotatable bonds is 4. The van der Waals surface area contributed by atoms with Crippen LogP contribution in [0.5, 0.6) is 0 Å². The Morgan fingerprint density at radius 1 is 1.15 bits per heavy atom. The minimum Gasteiger partial charge on any atom is -0.393 e. The van der Waals surface area contributed by atoms with Crippen LogP contribution in [0.3, 0.4) is 0 Å². The lowest BCUT2D eigenvalue weighted by Crippen LogP contribution is -2.35. The average molecular weight is 454 g/mol. The summed E-state index contributed by atoms with van der Waals surface area (Å²) in [7, 11) is 0. The predicted molar refractivity (Wildman–Crippen MR) is 135 cm³/mol. The van der Waals surface area contributed by atoms with Gasteiger partial charge in [0.2, 0.25) is 0 Å². The maximum absolute atomic E-state index is 12.8. The molecule has 1 aromatic heterocycles. The zero-order chi connectivity index (χ0) is 23.2. The van der Waals surface area contributed by atoms with E-state index in [0.29, 0.717) is 17.9 Å². The second kappa shape index (κ2) is 8.25. The molecule has 0 bridgehead atoms. The number of carbonyl (C=O) groups is 1. The number of nitrogens with zero attached hydrogens (tertiary/aromatic N) is 3. The summed E-state index contributed by atoms with van der Waals surface area (Å²) < 4.78 is 0. The van der Waals surface area contributed by atoms with Crippen LogP contribution in [0.25, 0.3) is 5.57 Å². The van der Waals surface area contributed by atoms with Crippen LogP contribution in [-0.4, -0.2) is 47.4 Å². The van der Waals surface area contributed by atoms with Crippen molar-refractivity contribution < 1.29 is 9.90 Å². The van der Waals surface area contributed by atoms with Crippen molar-refractivity contribution in [3.05, 3.63) is 76.5 Å². The van der Waals surface area contributed by atoms with E-state index in [0.717, 1.165) is 54.0 Å². The molecule has 1 aliphatic carbocycles. The van der Waals surface area contributed by atoms with Gasteiger partial charge in [0.25, 0.3) is 5.91 Å². The van der Waals surface area contributed by atoms with Crippen LogP contribution in [0, 0.1) is 0 Å². The van der Waals surface area contributed by atoms with Gasteiger partial charge in [-0.15, -0.1) is 0 Å². The Balaban J connectivity index is 1.28. The fourth-order valence-electron chi connectivity index (χ4n) is 5.15. The van der Waals surface area contributed by atoms with E-state index in [4.69, 9.17) is 0 Å². The van der Waals surface area contributed by atoms with Crippen LogP contribution in [0.1, 0.15) is 41.3 Å². The van der Waals surface area contributed by atoms with E-state index in [1.807, 2.05) is 30.6 Å². The Hall–Kier alpha value is -3.71. The second-order valence-corrected chi connectivity index (χ2v) is 9.28. The fourth-order valence-corrected chi connectivity index (χ4v) is 5.15. The first kappa shape index (κ1) is 20.9. The topological polar surface area (TPSA) is 89.8 Å². The zero-order valence-electron chi connectivity index (χ0n) is 19.1. The smallest absolute Gasteiger partial charge is 0.254 e. The molecule has 2 aromatic rings. The van der Waals surface area contributed by atoms with Gasteiger partial charge in [-0.3, -0.25) is 9.79 Å². The molecule has 0 spiro atoms. The normalized spacial score (nSPS) is 21.5. The molecule has 7 nitrogen and oxygen atoms in total. The second-order valence-electron chi connectivity index (χ2n) is 9.28. The molecule has 1 atom stereocenters. The van der Waals surface area contributed by atoms with Crippen molar-refractivity contribution in [1.29, 1.82) is 0 Å². The van der Waals surface area contributed by atoms with E-state index >= 15 is 0 Å². The van der Waals surface area contributed by atoms with Crippen LogP contribution < -0.4 is 15.5 Å². The summed E-state index contributed by atoms with van der Waals surface area (Å²) >= 11 is 0. The van der Waals surface area contributed by atoms with Crippen molar-refractivity contribution in [1.82, 2.24) is 10.3 Å². The van der Waals surface area contributed by atoms with E-state index in [2.05, 4.69) is 56.7 Å². The Labute approximate surface area is 198 Å². The largest absolute Gasteiger partial charge is 0.393 e. The summed E-state index contributed by atoms with van der Waals surface area (Å²) in [4.78, 5) is 24.3. The predicted octanol–water partition coefficient (Wildman–Crippen LogP) is 3.75. The van der Waals surface area contributed by atoms with Gasteiger partial charge in [-0.05, 0) is 54.7 Å². The number of aliphatic hydroxyl groups is 1. The van der Waals surface area contributed by atoms with E-state index < -0.39 is 0 Å². The van der Waals surface area contributed by atoms with Crippen LogP contribution >= 0.6 is 0 Å². The van der Waals surface area contributed by atoms with Crippen molar-refractivity contribution >= 4 is 34.9 Å². The van der Waals surface area contributed by atoms with Gasteiger partial charge < -0.3 is 20.6 Å². The first-order valence-electron chi connectivity index (χ1n) is 11.8. The molecule has 3 aliphatic heterocycles. The number of pyridine rings is 1. The highest BCUT2D eigenvalue weighted by Gasteiger charge is 2.30. The molecule has 1 fully saturated rings. The molecular formula is C27H27N5O2. The summed E-state index contributed by atoms with van der Waals surface area (Å²) in [5.41, 5.74) is 7.98. The van der Waals surface area contributed by atoms with Crippen LogP contribution in [-0.2, 0) is 6.54 Å². The van der Waals surface area contributed by atoms with E-state index in [9.17, 15) is 9.90 Å². The molecule has 1 unspecified atom stereocenters. The van der Waals surface area contributed by atoms with Crippen molar-refractivity contribution in [2.24, 2.45) is 4.99 Å². The quantitative estimate of drug-likeness (QED) is 0.656. The Bertz CT molecular complexity index is 1280. The number of benzene rings is 1. The van der Waals surface area contributed by atoms with Gasteiger partial charge in [-0.1, -0.05) is 29.9 Å². The number of hydrogen-bond donors (Lipinski definition) is 3. The molecule has 1 amide bonds. The molecule has 1 aromatic carbocycles. The summed E-state index contributed by atoms with van der Waals surface area (Å²) in [5.74, 6) is 0.616. The molecule has 4 heterocycles. The molecule has 0 radical (unpaired) electrons. The number of aromatic nitrogens is 1. The number of fused-ring (bicyclic) bond motifs is 2. The summed E-state index contributed by atoms with van der Waals surface area (Å²) in [6.07, 6.45) is 11.6. The lowest BCUT2D eigenvalue weighted by molar-refractivity contribution is 0.0966. The van der Waals surface area contributed by atoms with Gasteiger partial charge in [0.05, 0.1) is 35.3 Å². The number of carbonyl (C=O) groups excluding carboxylic acids is 1. The Morgan fingerprint density at radius 3 is 2.79 bits per heavy atom. The standard InChI is InChI=1S/C27H27N5O2/c1-16-2-4-20-21(14-28-24(20)12-16)19-5-6-23(26-22(19)15-30-27(26)34)31-25-7-3-17(13-29-25)32-10-8-18(33)9-11-32/h2-7,12-14,18,24,33H,8-11,15H2,1H3,(H,29,31)(H,30,34). The highest BCUT2D eigenvalue weighted by atomic mass is 16.3. The first-order chi connectivity index (χ1) is 16.6. The number of amides is 1. The number of hydrogen-bond acceptors (Lipinski definition) is 6. The third-order valence-corrected chi connectivity index (χ3v) is 7.04. The van der Waals surface area contributed by atoms with Gasteiger partial charge in [0.15, 0.2) is 0 Å². The SMILES string of the molecule is CC1=CC2N=CC(c3ccc(Nc4ccc(N5CCC(O)CC5)cn4)c4c3CNC4=O)=C2C=C1. The number of aliphatic imine (C=N–C) groups is 1. The zero-order valence-corrected chi connectivity index (χ0v) is 19.1. The molecule has 34 heavy (non-hydrogen) atoms. The van der Waals surface area contributed by atoms with Gasteiger partial charge in [0.1, 0.15) is 5.82 Å². The third-order valence-electron chi connectivity index (χ3n) is 7.04. The molecule has 1 saturated heterocycles. The molecule has 4 aliphatic rings. The number of anilines is 3. The molecular weight excluding hydrogens is 426 g/mol. The monoisotopic (exact) mass is 453 g/mol. The van der Waals surface area contributed by atoms with Crippen LogP contribution in [0.2, 0.25) is 0 Å².